The molecular formula is C19H22N2O6. The number of benzene rings is 1. The molecule has 0 bridgehead atoms. The van der Waals surface area contributed by atoms with Gasteiger partial charge in [-0.1, -0.05) is 0 Å². The molecule has 1 aliphatic rings. The molecular weight excluding hydrogens is 352 g/mol. The van der Waals surface area contributed by atoms with Gasteiger partial charge in [0.05, 0.1) is 13.2 Å². The van der Waals surface area contributed by atoms with Crippen LogP contribution < -0.4 is 21.0 Å². The second-order valence-electron chi connectivity index (χ2n) is 6.27. The van der Waals surface area contributed by atoms with E-state index in [4.69, 9.17) is 13.9 Å². The summed E-state index contributed by atoms with van der Waals surface area (Å²) < 4.78 is 15.6. The Balaban J connectivity index is 1.54. The van der Waals surface area contributed by atoms with Crippen LogP contribution in [0.2, 0.25) is 0 Å². The van der Waals surface area contributed by atoms with Gasteiger partial charge in [-0.15, -0.1) is 0 Å². The summed E-state index contributed by atoms with van der Waals surface area (Å²) in [5.41, 5.74) is 1.96. The second-order valence-corrected chi connectivity index (χ2v) is 6.27. The standard InChI is InChI=1S/C19H22N2O6/c1-25-8-7-20-17(22)10-21-18(23)11-26-12-5-6-14-13-3-2-4-15(13)19(24)27-16(14)9-12/h5-6,9H,2-4,7-8,10-11H2,1H3,(H,20,22)(H,21,23). The highest BCUT2D eigenvalue weighted by Crippen LogP contribution is 2.29. The van der Waals surface area contributed by atoms with E-state index >= 15 is 0 Å². The zero-order valence-electron chi connectivity index (χ0n) is 15.1. The largest absolute Gasteiger partial charge is 0.484 e. The van der Waals surface area contributed by atoms with Crippen LogP contribution in [0.1, 0.15) is 17.5 Å². The van der Waals surface area contributed by atoms with Crippen molar-refractivity contribution in [1.82, 2.24) is 10.6 Å². The van der Waals surface area contributed by atoms with E-state index in [1.165, 1.54) is 7.11 Å². The van der Waals surface area contributed by atoms with E-state index in [2.05, 4.69) is 10.6 Å². The van der Waals surface area contributed by atoms with Crippen LogP contribution >= 0.6 is 0 Å². The Bertz CT molecular complexity index is 905. The summed E-state index contributed by atoms with van der Waals surface area (Å²) in [7, 11) is 1.54. The van der Waals surface area contributed by atoms with Gasteiger partial charge in [0.2, 0.25) is 5.91 Å². The smallest absolute Gasteiger partial charge is 0.339 e. The van der Waals surface area contributed by atoms with Gasteiger partial charge in [0, 0.05) is 30.7 Å². The van der Waals surface area contributed by atoms with Crippen LogP contribution in [0.5, 0.6) is 5.75 Å². The Labute approximate surface area is 155 Å². The molecule has 3 rings (SSSR count). The first-order valence-electron chi connectivity index (χ1n) is 8.82. The van der Waals surface area contributed by atoms with Gasteiger partial charge >= 0.3 is 5.63 Å². The van der Waals surface area contributed by atoms with Crippen molar-refractivity contribution >= 4 is 22.8 Å². The average Bonchev–Trinajstić information content (AvgIpc) is 3.15. The van der Waals surface area contributed by atoms with Gasteiger partial charge in [-0.2, -0.15) is 0 Å². The SMILES string of the molecule is COCCNC(=O)CNC(=O)COc1ccc2c3c(c(=O)oc2c1)CCC3. The number of aryl methyl sites for hydroxylation is 1. The van der Waals surface area contributed by atoms with E-state index < -0.39 is 5.91 Å². The fraction of sp³-hybridized carbons (Fsp3) is 0.421. The molecule has 1 aromatic carbocycles. The molecule has 8 nitrogen and oxygen atoms in total. The topological polar surface area (TPSA) is 107 Å². The van der Waals surface area contributed by atoms with Crippen LogP contribution in [0.4, 0.5) is 0 Å². The average molecular weight is 374 g/mol. The number of carbonyl (C=O) groups excluding carboxylic acids is 2. The van der Waals surface area contributed by atoms with Crippen molar-refractivity contribution in [2.24, 2.45) is 0 Å². The number of rotatable bonds is 8. The lowest BCUT2D eigenvalue weighted by Gasteiger charge is -2.09. The van der Waals surface area contributed by atoms with Gasteiger partial charge in [-0.3, -0.25) is 9.59 Å². The van der Waals surface area contributed by atoms with Crippen molar-refractivity contribution < 1.29 is 23.5 Å². The lowest BCUT2D eigenvalue weighted by molar-refractivity contribution is -0.127. The van der Waals surface area contributed by atoms with Crippen LogP contribution in [-0.2, 0) is 27.2 Å². The molecule has 0 saturated heterocycles. The highest BCUT2D eigenvalue weighted by Gasteiger charge is 2.19. The number of hydrogen-bond acceptors (Lipinski definition) is 6. The number of carbonyl (C=O) groups is 2. The zero-order valence-corrected chi connectivity index (χ0v) is 15.1. The quantitative estimate of drug-likeness (QED) is 0.516. The number of hydrogen-bond donors (Lipinski definition) is 2. The molecule has 144 valence electrons. The molecule has 0 saturated carbocycles. The Morgan fingerprint density at radius 2 is 1.96 bits per heavy atom. The normalized spacial score (nSPS) is 12.6. The highest BCUT2D eigenvalue weighted by atomic mass is 16.5. The number of fused-ring (bicyclic) bond motifs is 3. The highest BCUT2D eigenvalue weighted by molar-refractivity contribution is 5.86. The fourth-order valence-corrected chi connectivity index (χ4v) is 3.09. The summed E-state index contributed by atoms with van der Waals surface area (Å²) in [6, 6.07) is 5.20. The number of ether oxygens (including phenoxy) is 2. The minimum atomic E-state index is -0.424. The molecule has 0 spiro atoms. The Morgan fingerprint density at radius 1 is 1.15 bits per heavy atom. The molecule has 2 aromatic rings. The molecule has 8 heteroatoms. The molecule has 0 atom stereocenters. The van der Waals surface area contributed by atoms with Gasteiger partial charge in [0.25, 0.3) is 5.91 Å². The molecule has 2 amide bonds. The second kappa shape index (κ2) is 8.68. The molecule has 1 aromatic heterocycles. The summed E-state index contributed by atoms with van der Waals surface area (Å²) in [5.74, 6) is -0.308. The molecule has 1 aliphatic carbocycles. The Hall–Kier alpha value is -2.87. The van der Waals surface area contributed by atoms with Crippen LogP contribution in [0.3, 0.4) is 0 Å². The van der Waals surface area contributed by atoms with Crippen molar-refractivity contribution in [3.05, 3.63) is 39.7 Å². The summed E-state index contributed by atoms with van der Waals surface area (Å²) in [6.45, 7) is 0.411. The molecule has 2 N–H and O–H groups in total. The first-order chi connectivity index (χ1) is 13.1. The fourth-order valence-electron chi connectivity index (χ4n) is 3.09. The lowest BCUT2D eigenvalue weighted by atomic mass is 10.1. The third kappa shape index (κ3) is 4.65. The van der Waals surface area contributed by atoms with Gasteiger partial charge in [-0.05, 0) is 37.0 Å². The van der Waals surface area contributed by atoms with Gasteiger partial charge < -0.3 is 24.5 Å². The van der Waals surface area contributed by atoms with Crippen molar-refractivity contribution in [3.8, 4) is 5.75 Å². The number of nitrogens with one attached hydrogen (secondary N) is 2. The molecule has 0 aliphatic heterocycles. The van der Waals surface area contributed by atoms with Gasteiger partial charge in [-0.25, -0.2) is 4.79 Å². The summed E-state index contributed by atoms with van der Waals surface area (Å²) in [4.78, 5) is 35.3. The third-order valence-corrected chi connectivity index (χ3v) is 4.39. The van der Waals surface area contributed by atoms with Crippen molar-refractivity contribution in [3.63, 3.8) is 0 Å². The molecule has 0 unspecified atom stereocenters. The Kier molecular flexibility index (Phi) is 6.08. The molecule has 0 radical (unpaired) electrons. The minimum absolute atomic E-state index is 0.134. The van der Waals surface area contributed by atoms with Crippen LogP contribution in [0.15, 0.2) is 27.4 Å². The number of methoxy groups -OCH3 is 1. The molecule has 27 heavy (non-hydrogen) atoms. The summed E-state index contributed by atoms with van der Waals surface area (Å²) in [6.07, 6.45) is 2.58. The lowest BCUT2D eigenvalue weighted by Crippen LogP contribution is -2.39. The van der Waals surface area contributed by atoms with Crippen molar-refractivity contribution in [2.75, 3.05) is 33.4 Å². The first-order valence-corrected chi connectivity index (χ1v) is 8.82. The van der Waals surface area contributed by atoms with Crippen LogP contribution in [0.25, 0.3) is 11.0 Å². The zero-order chi connectivity index (χ0) is 19.2. The van der Waals surface area contributed by atoms with Crippen LogP contribution in [0, 0.1) is 0 Å². The van der Waals surface area contributed by atoms with E-state index in [1.807, 2.05) is 6.07 Å². The minimum Gasteiger partial charge on any atom is -0.484 e. The maximum atomic E-state index is 12.0. The Morgan fingerprint density at radius 3 is 2.78 bits per heavy atom. The maximum absolute atomic E-state index is 12.0. The molecule has 0 fully saturated rings. The maximum Gasteiger partial charge on any atom is 0.339 e. The first kappa shape index (κ1) is 18.9. The molecule has 1 heterocycles. The van der Waals surface area contributed by atoms with E-state index in [1.54, 1.807) is 12.1 Å². The van der Waals surface area contributed by atoms with Crippen molar-refractivity contribution in [1.29, 1.82) is 0 Å². The third-order valence-electron chi connectivity index (χ3n) is 4.39. The summed E-state index contributed by atoms with van der Waals surface area (Å²) in [5, 5.41) is 5.98. The van der Waals surface area contributed by atoms with E-state index in [-0.39, 0.29) is 24.7 Å². The van der Waals surface area contributed by atoms with E-state index in [9.17, 15) is 14.4 Å². The van der Waals surface area contributed by atoms with Crippen LogP contribution in [-0.4, -0.2) is 45.2 Å². The van der Waals surface area contributed by atoms with E-state index in [0.29, 0.717) is 24.5 Å². The van der Waals surface area contributed by atoms with Gasteiger partial charge in [0.1, 0.15) is 11.3 Å². The van der Waals surface area contributed by atoms with Crippen molar-refractivity contribution in [2.45, 2.75) is 19.3 Å². The monoisotopic (exact) mass is 374 g/mol. The van der Waals surface area contributed by atoms with E-state index in [0.717, 1.165) is 35.8 Å². The predicted octanol–water partition coefficient (Wildman–Crippen LogP) is 0.539. The number of amides is 2. The summed E-state index contributed by atoms with van der Waals surface area (Å²) >= 11 is 0. The predicted molar refractivity (Wildman–Crippen MR) is 97.9 cm³/mol. The van der Waals surface area contributed by atoms with Gasteiger partial charge in [0.15, 0.2) is 6.61 Å².